The lowest BCUT2D eigenvalue weighted by Gasteiger charge is -2.23. The third-order valence-electron chi connectivity index (χ3n) is 2.80. The van der Waals surface area contributed by atoms with Gasteiger partial charge in [0.25, 0.3) is 0 Å². The highest BCUT2D eigenvalue weighted by Crippen LogP contribution is 2.04. The molecule has 0 saturated heterocycles. The van der Waals surface area contributed by atoms with Crippen molar-refractivity contribution in [1.82, 2.24) is 20.0 Å². The van der Waals surface area contributed by atoms with Crippen LogP contribution in [0.15, 0.2) is 35.6 Å². The van der Waals surface area contributed by atoms with Crippen molar-refractivity contribution in [3.05, 3.63) is 36.3 Å². The highest BCUT2D eigenvalue weighted by Gasteiger charge is 2.11. The lowest BCUT2D eigenvalue weighted by molar-refractivity contribution is 0.501. The van der Waals surface area contributed by atoms with E-state index in [9.17, 15) is 0 Å². The number of rotatable bonds is 3. The van der Waals surface area contributed by atoms with E-state index < -0.39 is 0 Å². The van der Waals surface area contributed by atoms with Gasteiger partial charge in [0, 0.05) is 37.9 Å². The summed E-state index contributed by atoms with van der Waals surface area (Å²) in [5.74, 6) is 0.821. The van der Waals surface area contributed by atoms with E-state index in [0.717, 1.165) is 30.3 Å². The molecule has 0 radical (unpaired) electrons. The summed E-state index contributed by atoms with van der Waals surface area (Å²) in [6.45, 7) is 7.14. The van der Waals surface area contributed by atoms with Crippen molar-refractivity contribution in [2.45, 2.75) is 32.7 Å². The second kappa shape index (κ2) is 7.63. The zero-order valence-electron chi connectivity index (χ0n) is 13.1. The fourth-order valence-corrected chi connectivity index (χ4v) is 1.95. The zero-order valence-corrected chi connectivity index (χ0v) is 15.4. The van der Waals surface area contributed by atoms with E-state index in [1.165, 1.54) is 0 Å². The molecule has 0 amide bonds. The second-order valence-electron chi connectivity index (χ2n) is 5.82. The number of aliphatic imine (C=N–C) groups is 1. The Balaban J connectivity index is 0.00000220. The molecule has 2 rings (SSSR count). The highest BCUT2D eigenvalue weighted by molar-refractivity contribution is 14.0. The summed E-state index contributed by atoms with van der Waals surface area (Å²) in [4.78, 5) is 8.79. The van der Waals surface area contributed by atoms with E-state index in [-0.39, 0.29) is 29.5 Å². The minimum absolute atomic E-state index is 0. The normalized spacial score (nSPS) is 12.1. The van der Waals surface area contributed by atoms with Crippen molar-refractivity contribution in [2.75, 3.05) is 13.6 Å². The van der Waals surface area contributed by atoms with Crippen LogP contribution in [0.4, 0.5) is 0 Å². The lowest BCUT2D eigenvalue weighted by Crippen LogP contribution is -2.48. The van der Waals surface area contributed by atoms with Crippen molar-refractivity contribution in [2.24, 2.45) is 4.99 Å². The maximum atomic E-state index is 4.57. The van der Waals surface area contributed by atoms with Gasteiger partial charge in [-0.25, -0.2) is 4.98 Å². The lowest BCUT2D eigenvalue weighted by atomic mass is 10.1. The Morgan fingerprint density at radius 3 is 2.71 bits per heavy atom. The number of hydrogen-bond donors (Lipinski definition) is 2. The van der Waals surface area contributed by atoms with Crippen LogP contribution in [-0.2, 0) is 6.42 Å². The van der Waals surface area contributed by atoms with E-state index in [1.807, 2.05) is 28.8 Å². The summed E-state index contributed by atoms with van der Waals surface area (Å²) in [5, 5.41) is 6.64. The molecule has 6 heteroatoms. The van der Waals surface area contributed by atoms with Crippen LogP contribution in [0.1, 0.15) is 26.5 Å². The van der Waals surface area contributed by atoms with Gasteiger partial charge in [-0.1, -0.05) is 6.07 Å². The first-order valence-corrected chi connectivity index (χ1v) is 6.89. The Labute approximate surface area is 143 Å². The second-order valence-corrected chi connectivity index (χ2v) is 5.82. The van der Waals surface area contributed by atoms with Gasteiger partial charge < -0.3 is 15.0 Å². The molecule has 5 nitrogen and oxygen atoms in total. The number of hydrogen-bond acceptors (Lipinski definition) is 2. The maximum absolute atomic E-state index is 4.57. The molecule has 0 fully saturated rings. The average molecular weight is 401 g/mol. The first-order valence-electron chi connectivity index (χ1n) is 6.89. The van der Waals surface area contributed by atoms with Crippen LogP contribution in [-0.4, -0.2) is 34.5 Å². The molecule has 0 spiro atoms. The quantitative estimate of drug-likeness (QED) is 0.472. The van der Waals surface area contributed by atoms with Crippen LogP contribution in [0.25, 0.3) is 5.65 Å². The number of nitrogens with one attached hydrogen (secondary N) is 2. The third-order valence-corrected chi connectivity index (χ3v) is 2.80. The number of fused-ring (bicyclic) bond motifs is 1. The molecule has 0 bridgehead atoms. The standard InChI is InChI=1S/C15H23N5.HI/c1-15(2,3)19-14(16-4)17-9-8-12-11-20-10-6-5-7-13(20)18-12;/h5-7,10-11H,8-9H2,1-4H3,(H2,16,17,19);1H. The molecular weight excluding hydrogens is 377 g/mol. The van der Waals surface area contributed by atoms with Gasteiger partial charge in [0.2, 0.25) is 0 Å². The predicted octanol–water partition coefficient (Wildman–Crippen LogP) is 2.46. The molecule has 0 aliphatic rings. The molecule has 116 valence electrons. The summed E-state index contributed by atoms with van der Waals surface area (Å²) >= 11 is 0. The van der Waals surface area contributed by atoms with E-state index in [1.54, 1.807) is 7.05 Å². The number of halogens is 1. The van der Waals surface area contributed by atoms with Crippen LogP contribution in [0, 0.1) is 0 Å². The van der Waals surface area contributed by atoms with Gasteiger partial charge in [-0.2, -0.15) is 0 Å². The van der Waals surface area contributed by atoms with Crippen LogP contribution >= 0.6 is 24.0 Å². The molecule has 0 aliphatic heterocycles. The topological polar surface area (TPSA) is 53.7 Å². The Morgan fingerprint density at radius 2 is 2.10 bits per heavy atom. The van der Waals surface area contributed by atoms with Crippen LogP contribution < -0.4 is 10.6 Å². The van der Waals surface area contributed by atoms with Gasteiger partial charge in [0.15, 0.2) is 5.96 Å². The third kappa shape index (κ3) is 5.53. The van der Waals surface area contributed by atoms with Crippen molar-refractivity contribution >= 4 is 35.6 Å². The zero-order chi connectivity index (χ0) is 14.6. The largest absolute Gasteiger partial charge is 0.356 e. The molecule has 0 atom stereocenters. The summed E-state index contributed by atoms with van der Waals surface area (Å²) < 4.78 is 2.04. The predicted molar refractivity (Wildman–Crippen MR) is 98.6 cm³/mol. The van der Waals surface area contributed by atoms with Crippen molar-refractivity contribution in [3.8, 4) is 0 Å². The maximum Gasteiger partial charge on any atom is 0.191 e. The van der Waals surface area contributed by atoms with Crippen molar-refractivity contribution in [3.63, 3.8) is 0 Å². The monoisotopic (exact) mass is 401 g/mol. The van der Waals surface area contributed by atoms with Crippen LogP contribution in [0.5, 0.6) is 0 Å². The average Bonchev–Trinajstić information content (AvgIpc) is 2.78. The SMILES string of the molecule is CN=C(NCCc1cn2ccccc2n1)NC(C)(C)C.I. The first-order chi connectivity index (χ1) is 9.48. The van der Waals surface area contributed by atoms with Gasteiger partial charge in [-0.15, -0.1) is 24.0 Å². The smallest absolute Gasteiger partial charge is 0.191 e. The first kappa shape index (κ1) is 17.7. The van der Waals surface area contributed by atoms with E-state index in [2.05, 4.69) is 47.6 Å². The van der Waals surface area contributed by atoms with Crippen molar-refractivity contribution in [1.29, 1.82) is 0 Å². The van der Waals surface area contributed by atoms with Gasteiger partial charge in [-0.05, 0) is 32.9 Å². The van der Waals surface area contributed by atoms with Gasteiger partial charge in [-0.3, -0.25) is 4.99 Å². The summed E-state index contributed by atoms with van der Waals surface area (Å²) in [5.41, 5.74) is 2.07. The summed E-state index contributed by atoms with van der Waals surface area (Å²) in [6, 6.07) is 6.02. The van der Waals surface area contributed by atoms with Gasteiger partial charge in [0.05, 0.1) is 5.69 Å². The Kier molecular flexibility index (Phi) is 6.44. The van der Waals surface area contributed by atoms with E-state index >= 15 is 0 Å². The fourth-order valence-electron chi connectivity index (χ4n) is 1.95. The fraction of sp³-hybridized carbons (Fsp3) is 0.467. The molecule has 0 unspecified atom stereocenters. The Hall–Kier alpha value is -1.31. The number of aromatic nitrogens is 2. The minimum Gasteiger partial charge on any atom is -0.356 e. The number of nitrogens with zero attached hydrogens (tertiary/aromatic N) is 3. The van der Waals surface area contributed by atoms with E-state index in [4.69, 9.17) is 0 Å². The molecule has 21 heavy (non-hydrogen) atoms. The molecular formula is C15H24IN5. The summed E-state index contributed by atoms with van der Waals surface area (Å²) in [6.07, 6.45) is 4.95. The Bertz CT molecular complexity index is 564. The number of guanidine groups is 1. The Morgan fingerprint density at radius 1 is 1.33 bits per heavy atom. The molecule has 2 aromatic rings. The molecule has 0 saturated carbocycles. The molecule has 2 heterocycles. The van der Waals surface area contributed by atoms with Crippen LogP contribution in [0.2, 0.25) is 0 Å². The highest BCUT2D eigenvalue weighted by atomic mass is 127. The van der Waals surface area contributed by atoms with Crippen LogP contribution in [0.3, 0.4) is 0 Å². The number of imidazole rings is 1. The van der Waals surface area contributed by atoms with Gasteiger partial charge in [0.1, 0.15) is 5.65 Å². The summed E-state index contributed by atoms with van der Waals surface area (Å²) in [7, 11) is 1.78. The number of pyridine rings is 1. The molecule has 0 aromatic carbocycles. The molecule has 2 aromatic heterocycles. The molecule has 0 aliphatic carbocycles. The minimum atomic E-state index is 0. The molecule has 2 N–H and O–H groups in total. The van der Waals surface area contributed by atoms with E-state index in [0.29, 0.717) is 0 Å². The van der Waals surface area contributed by atoms with Gasteiger partial charge >= 0.3 is 0 Å². The van der Waals surface area contributed by atoms with Crippen molar-refractivity contribution < 1.29 is 0 Å².